The summed E-state index contributed by atoms with van der Waals surface area (Å²) < 4.78 is 0. The Morgan fingerprint density at radius 1 is 1.25 bits per heavy atom. The number of carbonyl (C=O) groups excluding carboxylic acids is 2. The Kier molecular flexibility index (Phi) is 6.96. The van der Waals surface area contributed by atoms with Crippen LogP contribution in [0.2, 0.25) is 0 Å². The molecule has 0 aliphatic rings. The van der Waals surface area contributed by atoms with E-state index >= 15 is 0 Å². The first kappa shape index (κ1) is 17.7. The van der Waals surface area contributed by atoms with Gasteiger partial charge in [-0.3, -0.25) is 14.6 Å². The lowest BCUT2D eigenvalue weighted by Gasteiger charge is -1.98. The van der Waals surface area contributed by atoms with E-state index in [1.807, 2.05) is 6.92 Å². The van der Waals surface area contributed by atoms with Crippen LogP contribution in [0, 0.1) is 0 Å². The number of hydrazone groups is 1. The normalized spacial score (nSPS) is 10.7. The quantitative estimate of drug-likeness (QED) is 0.559. The minimum atomic E-state index is -0.305. The van der Waals surface area contributed by atoms with Gasteiger partial charge in [0.2, 0.25) is 16.9 Å². The third kappa shape index (κ3) is 6.21. The van der Waals surface area contributed by atoms with Crippen molar-refractivity contribution in [2.24, 2.45) is 5.10 Å². The fraction of sp³-hybridized carbons (Fsp3) is 0.333. The second-order valence-electron chi connectivity index (χ2n) is 4.90. The van der Waals surface area contributed by atoms with Crippen LogP contribution in [-0.4, -0.2) is 33.2 Å². The molecule has 8 nitrogen and oxygen atoms in total. The Morgan fingerprint density at radius 2 is 2.04 bits per heavy atom. The van der Waals surface area contributed by atoms with Crippen molar-refractivity contribution in [3.05, 3.63) is 35.1 Å². The van der Waals surface area contributed by atoms with Gasteiger partial charge in [0.1, 0.15) is 5.01 Å². The lowest BCUT2D eigenvalue weighted by atomic mass is 10.2. The first-order valence-electron chi connectivity index (χ1n) is 7.51. The number of amides is 2. The van der Waals surface area contributed by atoms with Crippen molar-refractivity contribution in [1.29, 1.82) is 0 Å². The van der Waals surface area contributed by atoms with Crippen LogP contribution in [0.5, 0.6) is 0 Å². The van der Waals surface area contributed by atoms with Gasteiger partial charge in [-0.1, -0.05) is 24.7 Å². The zero-order chi connectivity index (χ0) is 17.2. The minimum absolute atomic E-state index is 0.0518. The number of carbonyl (C=O) groups is 2. The highest BCUT2D eigenvalue weighted by Gasteiger charge is 2.10. The highest BCUT2D eigenvalue weighted by molar-refractivity contribution is 7.15. The molecule has 2 aromatic rings. The van der Waals surface area contributed by atoms with Crippen molar-refractivity contribution in [3.63, 3.8) is 0 Å². The fourth-order valence-electron chi connectivity index (χ4n) is 1.70. The monoisotopic (exact) mass is 346 g/mol. The van der Waals surface area contributed by atoms with Crippen molar-refractivity contribution in [2.75, 3.05) is 5.32 Å². The van der Waals surface area contributed by atoms with Crippen LogP contribution < -0.4 is 10.7 Å². The second kappa shape index (κ2) is 9.46. The van der Waals surface area contributed by atoms with Crippen molar-refractivity contribution in [1.82, 2.24) is 20.6 Å². The molecule has 0 radical (unpaired) electrons. The zero-order valence-electron chi connectivity index (χ0n) is 13.2. The molecule has 2 rings (SSSR count). The molecule has 0 spiro atoms. The second-order valence-corrected chi connectivity index (χ2v) is 5.97. The molecule has 0 aliphatic carbocycles. The van der Waals surface area contributed by atoms with Gasteiger partial charge in [-0.25, -0.2) is 5.43 Å². The van der Waals surface area contributed by atoms with E-state index in [1.54, 1.807) is 24.5 Å². The van der Waals surface area contributed by atoms with Gasteiger partial charge < -0.3 is 5.32 Å². The SMILES string of the molecule is CCCCC(=O)Nc1nnc(CC(=O)NN=Cc2ccncc2)s1. The van der Waals surface area contributed by atoms with Gasteiger partial charge in [-0.2, -0.15) is 5.10 Å². The molecule has 0 fully saturated rings. The average Bonchev–Trinajstić information content (AvgIpc) is 3.00. The molecule has 2 aromatic heterocycles. The predicted octanol–water partition coefficient (Wildman–Crippen LogP) is 1.75. The average molecular weight is 346 g/mol. The van der Waals surface area contributed by atoms with E-state index in [4.69, 9.17) is 0 Å². The smallest absolute Gasteiger partial charge is 0.247 e. The first-order chi connectivity index (χ1) is 11.7. The summed E-state index contributed by atoms with van der Waals surface area (Å²) in [5.41, 5.74) is 3.25. The highest BCUT2D eigenvalue weighted by Crippen LogP contribution is 2.16. The number of hydrogen-bond donors (Lipinski definition) is 2. The maximum atomic E-state index is 11.8. The molecular formula is C15H18N6O2S. The summed E-state index contributed by atoms with van der Waals surface area (Å²) >= 11 is 1.18. The molecule has 2 heterocycles. The molecule has 2 amide bonds. The molecule has 0 atom stereocenters. The lowest BCUT2D eigenvalue weighted by molar-refractivity contribution is -0.120. The van der Waals surface area contributed by atoms with Crippen molar-refractivity contribution >= 4 is 34.5 Å². The van der Waals surface area contributed by atoms with Crippen LogP contribution in [-0.2, 0) is 16.0 Å². The molecular weight excluding hydrogens is 328 g/mol. The van der Waals surface area contributed by atoms with Gasteiger partial charge in [0.05, 0.1) is 12.6 Å². The number of nitrogens with zero attached hydrogens (tertiary/aromatic N) is 4. The van der Waals surface area contributed by atoms with Crippen molar-refractivity contribution in [3.8, 4) is 0 Å². The number of hydrogen-bond acceptors (Lipinski definition) is 7. The van der Waals surface area contributed by atoms with Crippen molar-refractivity contribution < 1.29 is 9.59 Å². The van der Waals surface area contributed by atoms with Crippen LogP contribution in [0.1, 0.15) is 36.8 Å². The maximum Gasteiger partial charge on any atom is 0.247 e. The standard InChI is InChI=1S/C15H18N6O2S/c1-2-3-4-12(22)18-15-21-20-14(24-15)9-13(23)19-17-10-11-5-7-16-8-6-11/h5-8,10H,2-4,9H2,1H3,(H,19,23)(H,18,21,22). The predicted molar refractivity (Wildman–Crippen MR) is 91.7 cm³/mol. The molecule has 2 N–H and O–H groups in total. The van der Waals surface area contributed by atoms with E-state index in [1.165, 1.54) is 17.6 Å². The fourth-order valence-corrected chi connectivity index (χ4v) is 2.45. The Balaban J connectivity index is 1.78. The largest absolute Gasteiger partial charge is 0.301 e. The molecule has 0 aliphatic heterocycles. The number of rotatable bonds is 8. The molecule has 0 aromatic carbocycles. The van der Waals surface area contributed by atoms with E-state index in [0.29, 0.717) is 16.6 Å². The Morgan fingerprint density at radius 3 is 2.79 bits per heavy atom. The number of unbranched alkanes of at least 4 members (excludes halogenated alkanes) is 1. The zero-order valence-corrected chi connectivity index (χ0v) is 14.0. The van der Waals surface area contributed by atoms with E-state index in [-0.39, 0.29) is 18.2 Å². The summed E-state index contributed by atoms with van der Waals surface area (Å²) in [6.45, 7) is 2.02. The van der Waals surface area contributed by atoms with Crippen LogP contribution in [0.3, 0.4) is 0 Å². The highest BCUT2D eigenvalue weighted by atomic mass is 32.1. The summed E-state index contributed by atoms with van der Waals surface area (Å²) in [6.07, 6.45) is 7.09. The summed E-state index contributed by atoms with van der Waals surface area (Å²) in [4.78, 5) is 27.3. The van der Waals surface area contributed by atoms with Crippen molar-refractivity contribution in [2.45, 2.75) is 32.6 Å². The summed E-state index contributed by atoms with van der Waals surface area (Å²) in [6, 6.07) is 3.54. The van der Waals surface area contributed by atoms with Crippen LogP contribution in [0.25, 0.3) is 0 Å². The Bertz CT molecular complexity index is 701. The van der Waals surface area contributed by atoms with E-state index in [2.05, 4.69) is 31.0 Å². The van der Waals surface area contributed by atoms with Gasteiger partial charge >= 0.3 is 0 Å². The molecule has 9 heteroatoms. The van der Waals surface area contributed by atoms with Gasteiger partial charge in [-0.05, 0) is 24.1 Å². The van der Waals surface area contributed by atoms with E-state index in [0.717, 1.165) is 18.4 Å². The third-order valence-corrected chi connectivity index (χ3v) is 3.73. The van der Waals surface area contributed by atoms with Crippen LogP contribution >= 0.6 is 11.3 Å². The molecule has 126 valence electrons. The van der Waals surface area contributed by atoms with E-state index < -0.39 is 0 Å². The lowest BCUT2D eigenvalue weighted by Crippen LogP contribution is -2.19. The molecule has 0 saturated heterocycles. The number of aromatic nitrogens is 3. The minimum Gasteiger partial charge on any atom is -0.301 e. The first-order valence-corrected chi connectivity index (χ1v) is 8.33. The molecule has 0 saturated carbocycles. The molecule has 24 heavy (non-hydrogen) atoms. The number of nitrogens with one attached hydrogen (secondary N) is 2. The van der Waals surface area contributed by atoms with Gasteiger partial charge in [-0.15, -0.1) is 10.2 Å². The van der Waals surface area contributed by atoms with Gasteiger partial charge in [0.25, 0.3) is 0 Å². The Hall–Kier alpha value is -2.68. The molecule has 0 unspecified atom stereocenters. The topological polar surface area (TPSA) is 109 Å². The maximum absolute atomic E-state index is 11.8. The summed E-state index contributed by atoms with van der Waals surface area (Å²) in [5, 5.41) is 15.2. The Labute approximate surface area is 143 Å². The van der Waals surface area contributed by atoms with Gasteiger partial charge in [0, 0.05) is 18.8 Å². The summed E-state index contributed by atoms with van der Waals surface area (Å²) in [7, 11) is 0. The van der Waals surface area contributed by atoms with Crippen LogP contribution in [0.15, 0.2) is 29.6 Å². The molecule has 0 bridgehead atoms. The van der Waals surface area contributed by atoms with Gasteiger partial charge in [0.15, 0.2) is 0 Å². The third-order valence-electron chi connectivity index (χ3n) is 2.89. The summed E-state index contributed by atoms with van der Waals surface area (Å²) in [5.74, 6) is -0.397. The number of pyridine rings is 1. The van der Waals surface area contributed by atoms with Crippen LogP contribution in [0.4, 0.5) is 5.13 Å². The van der Waals surface area contributed by atoms with E-state index in [9.17, 15) is 9.59 Å². The number of anilines is 1.